The first-order chi connectivity index (χ1) is 12.4. The molecule has 0 saturated heterocycles. The van der Waals surface area contributed by atoms with Crippen LogP contribution in [0.3, 0.4) is 0 Å². The molecule has 0 unspecified atom stereocenters. The second kappa shape index (κ2) is 6.41. The molecule has 0 saturated carbocycles. The van der Waals surface area contributed by atoms with Gasteiger partial charge in [0.1, 0.15) is 5.76 Å². The van der Waals surface area contributed by atoms with E-state index in [2.05, 4.69) is 0 Å². The van der Waals surface area contributed by atoms with Crippen LogP contribution in [0.5, 0.6) is 0 Å². The number of hydrogen-bond donors (Lipinski definition) is 0. The summed E-state index contributed by atoms with van der Waals surface area (Å²) in [5, 5.41) is 0. The van der Waals surface area contributed by atoms with Gasteiger partial charge < -0.3 is 4.74 Å². The Morgan fingerprint density at radius 2 is 1.81 bits per heavy atom. The van der Waals surface area contributed by atoms with E-state index in [1.54, 1.807) is 27.7 Å². The van der Waals surface area contributed by atoms with Gasteiger partial charge in [0.15, 0.2) is 21.4 Å². The zero-order valence-electron chi connectivity index (χ0n) is 15.8. The van der Waals surface area contributed by atoms with Crippen LogP contribution < -0.4 is 0 Å². The summed E-state index contributed by atoms with van der Waals surface area (Å²) in [6.45, 7) is 6.31. The molecular formula is C20H22O6S. The van der Waals surface area contributed by atoms with Gasteiger partial charge in [0.05, 0.1) is 16.2 Å². The Balaban J connectivity index is 2.11. The number of esters is 1. The van der Waals surface area contributed by atoms with Crippen molar-refractivity contribution in [3.8, 4) is 0 Å². The van der Waals surface area contributed by atoms with Crippen molar-refractivity contribution >= 4 is 27.4 Å². The van der Waals surface area contributed by atoms with Crippen LogP contribution in [0.4, 0.5) is 0 Å². The summed E-state index contributed by atoms with van der Waals surface area (Å²) in [5.74, 6) is -1.04. The number of sulfone groups is 1. The third-order valence-electron chi connectivity index (χ3n) is 5.04. The monoisotopic (exact) mass is 390 g/mol. The molecule has 0 amide bonds. The fraction of sp³-hybridized carbons (Fsp3) is 0.450. The van der Waals surface area contributed by atoms with Crippen molar-refractivity contribution < 1.29 is 27.5 Å². The molecule has 0 radical (unpaired) electrons. The molecule has 144 valence electrons. The van der Waals surface area contributed by atoms with E-state index in [9.17, 15) is 22.8 Å². The molecule has 2 aliphatic rings. The Morgan fingerprint density at radius 1 is 1.15 bits per heavy atom. The van der Waals surface area contributed by atoms with E-state index in [4.69, 9.17) is 4.74 Å². The molecule has 27 heavy (non-hydrogen) atoms. The predicted octanol–water partition coefficient (Wildman–Crippen LogP) is 3.09. The summed E-state index contributed by atoms with van der Waals surface area (Å²) < 4.78 is 30.8. The summed E-state index contributed by atoms with van der Waals surface area (Å²) in [6.07, 6.45) is 2.85. The van der Waals surface area contributed by atoms with Crippen LogP contribution in [-0.2, 0) is 19.4 Å². The van der Waals surface area contributed by atoms with Crippen LogP contribution in [0.15, 0.2) is 22.8 Å². The third kappa shape index (κ3) is 3.36. The number of rotatable bonds is 2. The van der Waals surface area contributed by atoms with Crippen LogP contribution in [0.2, 0.25) is 0 Å². The molecule has 3 rings (SSSR count). The summed E-state index contributed by atoms with van der Waals surface area (Å²) in [5.41, 5.74) is -0.202. The SMILES string of the molecule is Cc1cc(C(=O)OC2=CC(=O)CCC2)c(C)c2c1S(=O)(=O)CC(C)(C)C2=O. The quantitative estimate of drug-likeness (QED) is 0.720. The second-order valence-corrected chi connectivity index (χ2v) is 9.79. The summed E-state index contributed by atoms with van der Waals surface area (Å²) in [4.78, 5) is 37.1. The van der Waals surface area contributed by atoms with Gasteiger partial charge in [-0.25, -0.2) is 13.2 Å². The van der Waals surface area contributed by atoms with Crippen LogP contribution in [0.25, 0.3) is 0 Å². The fourth-order valence-electron chi connectivity index (χ4n) is 3.75. The lowest BCUT2D eigenvalue weighted by molar-refractivity contribution is -0.115. The standard InChI is InChI=1S/C20H22O6S/c1-11-8-15(19(23)26-14-7-5-6-13(21)9-14)12(2)16-17(11)27(24,25)10-20(3,4)18(16)22/h8-9H,5-7,10H2,1-4H3. The second-order valence-electron chi connectivity index (χ2n) is 7.86. The summed E-state index contributed by atoms with van der Waals surface area (Å²) in [6, 6.07) is 1.45. The summed E-state index contributed by atoms with van der Waals surface area (Å²) >= 11 is 0. The van der Waals surface area contributed by atoms with E-state index in [0.717, 1.165) is 0 Å². The lowest BCUT2D eigenvalue weighted by Crippen LogP contribution is -2.39. The van der Waals surface area contributed by atoms with Crippen molar-refractivity contribution in [2.45, 2.75) is 51.9 Å². The highest BCUT2D eigenvalue weighted by atomic mass is 32.2. The molecule has 0 fully saturated rings. The molecule has 1 aliphatic carbocycles. The maximum Gasteiger partial charge on any atom is 0.343 e. The van der Waals surface area contributed by atoms with E-state index >= 15 is 0 Å². The number of carbonyl (C=O) groups excluding carboxylic acids is 3. The number of carbonyl (C=O) groups is 3. The number of allylic oxidation sites excluding steroid dienone is 2. The number of ether oxygens (including phenoxy) is 1. The lowest BCUT2D eigenvalue weighted by Gasteiger charge is -2.31. The molecule has 0 aromatic heterocycles. The number of ketones is 2. The van der Waals surface area contributed by atoms with E-state index < -0.39 is 21.2 Å². The molecule has 6 nitrogen and oxygen atoms in total. The van der Waals surface area contributed by atoms with Gasteiger partial charge in [0, 0.05) is 29.9 Å². The molecule has 1 aromatic rings. The van der Waals surface area contributed by atoms with Gasteiger partial charge in [-0.2, -0.15) is 0 Å². The Hall–Kier alpha value is -2.28. The van der Waals surface area contributed by atoms with Crippen LogP contribution in [-0.4, -0.2) is 31.7 Å². The first-order valence-corrected chi connectivity index (χ1v) is 10.5. The van der Waals surface area contributed by atoms with E-state index in [1.807, 2.05) is 0 Å². The minimum Gasteiger partial charge on any atom is -0.427 e. The number of fused-ring (bicyclic) bond motifs is 1. The molecule has 0 bridgehead atoms. The van der Waals surface area contributed by atoms with Crippen LogP contribution in [0.1, 0.15) is 65.0 Å². The first-order valence-electron chi connectivity index (χ1n) is 8.81. The summed E-state index contributed by atoms with van der Waals surface area (Å²) in [7, 11) is -3.64. The molecule has 0 spiro atoms. The molecule has 7 heteroatoms. The topological polar surface area (TPSA) is 94.6 Å². The molecule has 1 aromatic carbocycles. The van der Waals surface area contributed by atoms with Gasteiger partial charge in [0.2, 0.25) is 0 Å². The van der Waals surface area contributed by atoms with Crippen molar-refractivity contribution in [2.24, 2.45) is 5.41 Å². The largest absolute Gasteiger partial charge is 0.427 e. The highest BCUT2D eigenvalue weighted by Crippen LogP contribution is 2.40. The Labute approximate surface area is 158 Å². The van der Waals surface area contributed by atoms with E-state index in [-0.39, 0.29) is 33.3 Å². The van der Waals surface area contributed by atoms with Crippen LogP contribution >= 0.6 is 0 Å². The van der Waals surface area contributed by atoms with Gasteiger partial charge in [0.25, 0.3) is 0 Å². The number of aryl methyl sites for hydroxylation is 1. The zero-order valence-corrected chi connectivity index (χ0v) is 16.7. The zero-order chi connectivity index (χ0) is 20.1. The van der Waals surface area contributed by atoms with Gasteiger partial charge >= 0.3 is 5.97 Å². The Morgan fingerprint density at radius 3 is 2.44 bits per heavy atom. The van der Waals surface area contributed by atoms with Crippen molar-refractivity contribution in [3.63, 3.8) is 0 Å². The third-order valence-corrected chi connectivity index (χ3v) is 7.29. The maximum absolute atomic E-state index is 12.9. The van der Waals surface area contributed by atoms with Crippen molar-refractivity contribution in [1.29, 1.82) is 0 Å². The molecule has 0 N–H and O–H groups in total. The van der Waals surface area contributed by atoms with Gasteiger partial charge in [-0.05, 0) is 37.5 Å². The Bertz CT molecular complexity index is 1010. The van der Waals surface area contributed by atoms with Gasteiger partial charge in [-0.1, -0.05) is 13.8 Å². The Kier molecular flexibility index (Phi) is 4.62. The average molecular weight is 390 g/mol. The van der Waals surface area contributed by atoms with Crippen LogP contribution in [0, 0.1) is 19.3 Å². The van der Waals surface area contributed by atoms with E-state index in [0.29, 0.717) is 36.1 Å². The molecule has 1 aliphatic heterocycles. The molecule has 1 heterocycles. The highest BCUT2D eigenvalue weighted by Gasteiger charge is 2.45. The first kappa shape index (κ1) is 19.5. The maximum atomic E-state index is 12.9. The fourth-order valence-corrected chi connectivity index (χ4v) is 6.08. The predicted molar refractivity (Wildman–Crippen MR) is 98.4 cm³/mol. The van der Waals surface area contributed by atoms with Gasteiger partial charge in [-0.15, -0.1) is 0 Å². The number of Topliss-reactive ketones (excluding diaryl/α,β-unsaturated/α-hetero) is 1. The van der Waals surface area contributed by atoms with E-state index in [1.165, 1.54) is 12.1 Å². The normalized spacial score (nSPS) is 20.7. The highest BCUT2D eigenvalue weighted by molar-refractivity contribution is 7.91. The number of hydrogen-bond acceptors (Lipinski definition) is 6. The minimum absolute atomic E-state index is 0.00735. The molecular weight excluding hydrogens is 368 g/mol. The van der Waals surface area contributed by atoms with Crippen molar-refractivity contribution in [3.05, 3.63) is 40.2 Å². The minimum atomic E-state index is -3.64. The van der Waals surface area contributed by atoms with Crippen molar-refractivity contribution in [2.75, 3.05) is 5.75 Å². The molecule has 0 atom stereocenters. The van der Waals surface area contributed by atoms with Crippen molar-refractivity contribution in [1.82, 2.24) is 0 Å². The number of benzene rings is 1. The van der Waals surface area contributed by atoms with Gasteiger partial charge in [-0.3, -0.25) is 9.59 Å². The lowest BCUT2D eigenvalue weighted by atomic mass is 9.82. The average Bonchev–Trinajstić information content (AvgIpc) is 2.53. The smallest absolute Gasteiger partial charge is 0.343 e.